The van der Waals surface area contributed by atoms with E-state index in [0.29, 0.717) is 0 Å². The quantitative estimate of drug-likeness (QED) is 0.730. The number of anilines is 1. The van der Waals surface area contributed by atoms with Crippen molar-refractivity contribution in [2.45, 2.75) is 26.7 Å². The highest BCUT2D eigenvalue weighted by Gasteiger charge is 2.11. The summed E-state index contributed by atoms with van der Waals surface area (Å²) in [6, 6.07) is 3.07. The second-order valence-corrected chi connectivity index (χ2v) is 5.18. The lowest BCUT2D eigenvalue weighted by Gasteiger charge is -2.19. The third-order valence-electron chi connectivity index (χ3n) is 3.29. The minimum absolute atomic E-state index is 0.140. The molecule has 5 nitrogen and oxygen atoms in total. The minimum Gasteiger partial charge on any atom is -0.346 e. The first-order valence-electron chi connectivity index (χ1n) is 7.70. The molecule has 7 heteroatoms. The van der Waals surface area contributed by atoms with Crippen LogP contribution in [0.25, 0.3) is 0 Å². The maximum Gasteiger partial charge on any atom is 0.243 e. The molecule has 0 unspecified atom stereocenters. The molecule has 1 aromatic carbocycles. The van der Waals surface area contributed by atoms with Gasteiger partial charge in [0.25, 0.3) is 0 Å². The molecule has 0 radical (unpaired) electrons. The number of amides is 2. The molecule has 128 valence electrons. The summed E-state index contributed by atoms with van der Waals surface area (Å²) in [7, 11) is 0. The molecule has 0 atom stereocenters. The third-order valence-corrected chi connectivity index (χ3v) is 3.29. The minimum atomic E-state index is -1.04. The van der Waals surface area contributed by atoms with E-state index in [9.17, 15) is 18.4 Å². The highest BCUT2D eigenvalue weighted by Crippen LogP contribution is 2.12. The molecule has 0 spiro atoms. The van der Waals surface area contributed by atoms with Gasteiger partial charge in [0.15, 0.2) is 11.6 Å². The number of unbranched alkanes of at least 4 members (excludes halogenated alkanes) is 1. The van der Waals surface area contributed by atoms with E-state index in [4.69, 9.17) is 0 Å². The van der Waals surface area contributed by atoms with E-state index in [1.54, 1.807) is 0 Å². The average Bonchev–Trinajstić information content (AvgIpc) is 2.53. The predicted octanol–water partition coefficient (Wildman–Crippen LogP) is 2.14. The fraction of sp³-hybridized carbons (Fsp3) is 0.500. The predicted molar refractivity (Wildman–Crippen MR) is 85.0 cm³/mol. The first kappa shape index (κ1) is 19.0. The first-order chi connectivity index (χ1) is 11.0. The Labute approximate surface area is 135 Å². The molecule has 0 aliphatic heterocycles. The Balaban J connectivity index is 2.37. The summed E-state index contributed by atoms with van der Waals surface area (Å²) in [5.74, 6) is -2.77. The fourth-order valence-electron chi connectivity index (χ4n) is 1.95. The van der Waals surface area contributed by atoms with Crippen LogP contribution in [0.5, 0.6) is 0 Å². The van der Waals surface area contributed by atoms with Crippen molar-refractivity contribution in [2.75, 3.05) is 31.5 Å². The monoisotopic (exact) mass is 327 g/mol. The van der Waals surface area contributed by atoms with E-state index in [1.165, 1.54) is 6.07 Å². The van der Waals surface area contributed by atoms with Gasteiger partial charge in [-0.25, -0.2) is 8.78 Å². The lowest BCUT2D eigenvalue weighted by Crippen LogP contribution is -2.40. The number of nitrogens with one attached hydrogen (secondary N) is 2. The van der Waals surface area contributed by atoms with Gasteiger partial charge in [0, 0.05) is 11.8 Å². The lowest BCUT2D eigenvalue weighted by atomic mass is 10.3. The maximum atomic E-state index is 13.0. The first-order valence-corrected chi connectivity index (χ1v) is 7.70. The van der Waals surface area contributed by atoms with Gasteiger partial charge in [-0.15, -0.1) is 0 Å². The molecule has 1 rings (SSSR count). The molecule has 0 bridgehead atoms. The Bertz CT molecular complexity index is 538. The summed E-state index contributed by atoms with van der Waals surface area (Å²) in [5, 5.41) is 4.90. The van der Waals surface area contributed by atoms with Gasteiger partial charge in [-0.05, 0) is 31.6 Å². The molecule has 2 amide bonds. The van der Waals surface area contributed by atoms with E-state index in [2.05, 4.69) is 17.6 Å². The second-order valence-electron chi connectivity index (χ2n) is 5.18. The van der Waals surface area contributed by atoms with Crippen LogP contribution in [0.1, 0.15) is 26.7 Å². The number of nitrogens with zero attached hydrogens (tertiary/aromatic N) is 1. The van der Waals surface area contributed by atoms with Crippen LogP contribution in [0, 0.1) is 11.6 Å². The largest absolute Gasteiger partial charge is 0.346 e. The molecule has 0 aliphatic carbocycles. The topological polar surface area (TPSA) is 61.4 Å². The SMILES string of the molecule is CCCCN(CC)CC(=O)NCC(=O)Nc1ccc(F)c(F)c1. The lowest BCUT2D eigenvalue weighted by molar-refractivity contribution is -0.125. The molecule has 0 heterocycles. The highest BCUT2D eigenvalue weighted by molar-refractivity contribution is 5.94. The average molecular weight is 327 g/mol. The van der Waals surface area contributed by atoms with E-state index >= 15 is 0 Å². The van der Waals surface area contributed by atoms with E-state index in [1.807, 2.05) is 11.8 Å². The molecule has 0 aliphatic rings. The molecule has 2 N–H and O–H groups in total. The van der Waals surface area contributed by atoms with Crippen LogP contribution in [0.4, 0.5) is 14.5 Å². The zero-order valence-corrected chi connectivity index (χ0v) is 13.5. The third kappa shape index (κ3) is 7.19. The highest BCUT2D eigenvalue weighted by atomic mass is 19.2. The van der Waals surface area contributed by atoms with Gasteiger partial charge < -0.3 is 10.6 Å². The molecule has 23 heavy (non-hydrogen) atoms. The Morgan fingerprint density at radius 2 is 1.87 bits per heavy atom. The van der Waals surface area contributed by atoms with Gasteiger partial charge in [0.1, 0.15) is 0 Å². The van der Waals surface area contributed by atoms with Crippen LogP contribution >= 0.6 is 0 Å². The Morgan fingerprint density at radius 1 is 1.13 bits per heavy atom. The van der Waals surface area contributed by atoms with Gasteiger partial charge in [0.05, 0.1) is 13.1 Å². The number of hydrogen-bond acceptors (Lipinski definition) is 3. The zero-order chi connectivity index (χ0) is 17.2. The van der Waals surface area contributed by atoms with Gasteiger partial charge in [0.2, 0.25) is 11.8 Å². The number of rotatable bonds is 9. The number of carbonyl (C=O) groups excluding carboxylic acids is 2. The molecule has 0 saturated heterocycles. The number of halogens is 2. The van der Waals surface area contributed by atoms with Gasteiger partial charge in [-0.2, -0.15) is 0 Å². The van der Waals surface area contributed by atoms with Crippen LogP contribution in [0.3, 0.4) is 0 Å². The molecule has 0 aromatic heterocycles. The van der Waals surface area contributed by atoms with Crippen LogP contribution in [-0.4, -0.2) is 42.9 Å². The van der Waals surface area contributed by atoms with Crippen LogP contribution < -0.4 is 10.6 Å². The van der Waals surface area contributed by atoms with Crippen molar-refractivity contribution in [3.05, 3.63) is 29.8 Å². The van der Waals surface area contributed by atoms with Gasteiger partial charge >= 0.3 is 0 Å². The molecular weight excluding hydrogens is 304 g/mol. The summed E-state index contributed by atoms with van der Waals surface area (Å²) in [6.45, 7) is 5.66. The van der Waals surface area contributed by atoms with Crippen LogP contribution in [0.15, 0.2) is 18.2 Å². The van der Waals surface area contributed by atoms with E-state index in [-0.39, 0.29) is 24.7 Å². The number of likely N-dealkylation sites (N-methyl/N-ethyl adjacent to an activating group) is 1. The summed E-state index contributed by atoms with van der Waals surface area (Å²) in [6.07, 6.45) is 2.06. The van der Waals surface area contributed by atoms with Gasteiger partial charge in [-0.3, -0.25) is 14.5 Å². The van der Waals surface area contributed by atoms with Crippen molar-refractivity contribution >= 4 is 17.5 Å². The molecule has 0 fully saturated rings. The van der Waals surface area contributed by atoms with E-state index < -0.39 is 17.5 Å². The smallest absolute Gasteiger partial charge is 0.243 e. The van der Waals surface area contributed by atoms with Crippen molar-refractivity contribution in [3.63, 3.8) is 0 Å². The fourth-order valence-corrected chi connectivity index (χ4v) is 1.95. The van der Waals surface area contributed by atoms with Crippen molar-refractivity contribution in [3.8, 4) is 0 Å². The Morgan fingerprint density at radius 3 is 2.48 bits per heavy atom. The standard InChI is InChI=1S/C16H23F2N3O2/c1-3-5-8-21(4-2)11-16(23)19-10-15(22)20-12-6-7-13(17)14(18)9-12/h6-7,9H,3-5,8,10-11H2,1-2H3,(H,19,23)(H,20,22). The Kier molecular flexibility index (Phi) is 8.18. The molecular formula is C16H23F2N3O2. The zero-order valence-electron chi connectivity index (χ0n) is 13.5. The second kappa shape index (κ2) is 9.89. The van der Waals surface area contributed by atoms with Crippen LogP contribution in [-0.2, 0) is 9.59 Å². The molecule has 1 aromatic rings. The van der Waals surface area contributed by atoms with Gasteiger partial charge in [-0.1, -0.05) is 20.3 Å². The maximum absolute atomic E-state index is 13.0. The number of carbonyl (C=O) groups is 2. The summed E-state index contributed by atoms with van der Waals surface area (Å²) in [4.78, 5) is 25.5. The summed E-state index contributed by atoms with van der Waals surface area (Å²) < 4.78 is 25.8. The van der Waals surface area contributed by atoms with Crippen molar-refractivity contribution in [2.24, 2.45) is 0 Å². The Hall–Kier alpha value is -2.02. The summed E-state index contributed by atoms with van der Waals surface area (Å²) >= 11 is 0. The van der Waals surface area contributed by atoms with Crippen LogP contribution in [0.2, 0.25) is 0 Å². The van der Waals surface area contributed by atoms with Crippen molar-refractivity contribution < 1.29 is 18.4 Å². The summed E-state index contributed by atoms with van der Waals surface area (Å²) in [5.41, 5.74) is 0.140. The molecule has 0 saturated carbocycles. The normalized spacial score (nSPS) is 10.7. The number of benzene rings is 1. The van der Waals surface area contributed by atoms with E-state index in [0.717, 1.165) is 38.1 Å². The van der Waals surface area contributed by atoms with Crippen molar-refractivity contribution in [1.29, 1.82) is 0 Å². The van der Waals surface area contributed by atoms with Crippen molar-refractivity contribution in [1.82, 2.24) is 10.2 Å². The number of hydrogen-bond donors (Lipinski definition) is 2.